The molecule has 25 heavy (non-hydrogen) atoms. The quantitative estimate of drug-likeness (QED) is 0.866. The molecule has 2 aromatic rings. The number of nitrogens with zero attached hydrogens (tertiary/aromatic N) is 1. The Morgan fingerprint density at radius 2 is 2.04 bits per heavy atom. The molecule has 2 bridgehead atoms. The lowest BCUT2D eigenvalue weighted by atomic mass is 9.84. The van der Waals surface area contributed by atoms with Crippen LogP contribution in [0.4, 0.5) is 0 Å². The van der Waals surface area contributed by atoms with Gasteiger partial charge in [-0.25, -0.2) is 0 Å². The summed E-state index contributed by atoms with van der Waals surface area (Å²) in [4.78, 5) is 16.1. The van der Waals surface area contributed by atoms with Gasteiger partial charge in [0.1, 0.15) is 5.75 Å². The van der Waals surface area contributed by atoms with E-state index in [1.807, 2.05) is 35.7 Å². The van der Waals surface area contributed by atoms with E-state index in [1.54, 1.807) is 30.2 Å². The molecule has 1 aromatic carbocycles. The summed E-state index contributed by atoms with van der Waals surface area (Å²) in [5.74, 6) is 1.59. The number of hydrogen-bond donors (Lipinski definition) is 1. The predicted octanol–water partition coefficient (Wildman–Crippen LogP) is 3.73. The molecule has 0 spiro atoms. The van der Waals surface area contributed by atoms with Crippen molar-refractivity contribution in [2.24, 2.45) is 5.92 Å². The molecule has 1 amide bonds. The van der Waals surface area contributed by atoms with Crippen molar-refractivity contribution in [2.75, 3.05) is 26.7 Å². The fraction of sp³-hybridized carbons (Fsp3) is 0.421. The molecule has 4 heterocycles. The van der Waals surface area contributed by atoms with Crippen molar-refractivity contribution < 1.29 is 9.53 Å². The van der Waals surface area contributed by atoms with Gasteiger partial charge in [0.2, 0.25) is 0 Å². The topological polar surface area (TPSA) is 41.6 Å². The molecule has 0 radical (unpaired) electrons. The minimum atomic E-state index is 0.0492. The first-order chi connectivity index (χ1) is 12.2. The molecule has 1 aromatic heterocycles. The molecule has 4 nitrogen and oxygen atoms in total. The third-order valence-electron chi connectivity index (χ3n) is 5.09. The fourth-order valence-electron chi connectivity index (χ4n) is 3.63. The van der Waals surface area contributed by atoms with Crippen molar-refractivity contribution in [3.8, 4) is 5.75 Å². The van der Waals surface area contributed by atoms with Gasteiger partial charge < -0.3 is 15.0 Å². The van der Waals surface area contributed by atoms with Gasteiger partial charge >= 0.3 is 0 Å². The summed E-state index contributed by atoms with van der Waals surface area (Å²) in [6.07, 6.45) is 2.43. The summed E-state index contributed by atoms with van der Waals surface area (Å²) in [7, 11) is 1.68. The van der Waals surface area contributed by atoms with Gasteiger partial charge in [-0.2, -0.15) is 0 Å². The van der Waals surface area contributed by atoms with Crippen LogP contribution in [0.3, 0.4) is 0 Å². The lowest BCUT2D eigenvalue weighted by Crippen LogP contribution is -2.57. The average molecular weight is 375 g/mol. The number of thiophene rings is 1. The van der Waals surface area contributed by atoms with Crippen molar-refractivity contribution in [2.45, 2.75) is 28.0 Å². The first kappa shape index (κ1) is 16.9. The molecule has 5 rings (SSSR count). The molecule has 132 valence electrons. The summed E-state index contributed by atoms with van der Waals surface area (Å²) < 4.78 is 6.40. The summed E-state index contributed by atoms with van der Waals surface area (Å²) in [6, 6.07) is 10.2. The maximum atomic E-state index is 12.6. The Balaban J connectivity index is 1.37. The van der Waals surface area contributed by atoms with E-state index >= 15 is 0 Å². The van der Waals surface area contributed by atoms with Crippen LogP contribution in [-0.4, -0.2) is 43.6 Å². The van der Waals surface area contributed by atoms with E-state index in [0.717, 1.165) is 22.8 Å². The SMILES string of the molecule is COc1csc(Sc2ccc(C(=O)N[C@H]3CN4CCC3CC4)cc2)c1. The van der Waals surface area contributed by atoms with Crippen LogP contribution in [0.1, 0.15) is 23.2 Å². The van der Waals surface area contributed by atoms with Crippen molar-refractivity contribution in [1.29, 1.82) is 0 Å². The Hall–Kier alpha value is -1.50. The van der Waals surface area contributed by atoms with Crippen molar-refractivity contribution in [1.82, 2.24) is 10.2 Å². The van der Waals surface area contributed by atoms with Crippen LogP contribution < -0.4 is 10.1 Å². The third-order valence-corrected chi connectivity index (χ3v) is 7.16. The van der Waals surface area contributed by atoms with Crippen LogP contribution in [0.15, 0.2) is 44.8 Å². The molecule has 0 unspecified atom stereocenters. The molecule has 3 fully saturated rings. The largest absolute Gasteiger partial charge is 0.496 e. The minimum Gasteiger partial charge on any atom is -0.496 e. The number of ether oxygens (including phenoxy) is 1. The van der Waals surface area contributed by atoms with Crippen LogP contribution in [0.5, 0.6) is 5.75 Å². The smallest absolute Gasteiger partial charge is 0.251 e. The molecule has 6 heteroatoms. The molecule has 1 atom stereocenters. The molecule has 0 saturated carbocycles. The lowest BCUT2D eigenvalue weighted by Gasteiger charge is -2.44. The Labute approximate surface area is 156 Å². The zero-order valence-electron chi connectivity index (χ0n) is 14.2. The number of amides is 1. The number of piperidine rings is 3. The number of nitrogens with one attached hydrogen (secondary N) is 1. The monoisotopic (exact) mass is 374 g/mol. The summed E-state index contributed by atoms with van der Waals surface area (Å²) in [5, 5.41) is 5.24. The molecule has 0 aliphatic carbocycles. The van der Waals surface area contributed by atoms with E-state index < -0.39 is 0 Å². The molecule has 3 aliphatic heterocycles. The van der Waals surface area contributed by atoms with Crippen LogP contribution in [-0.2, 0) is 0 Å². The van der Waals surface area contributed by atoms with Crippen molar-refractivity contribution in [3.63, 3.8) is 0 Å². The van der Waals surface area contributed by atoms with Gasteiger partial charge in [-0.3, -0.25) is 4.79 Å². The Morgan fingerprint density at radius 3 is 2.64 bits per heavy atom. The molecule has 3 saturated heterocycles. The van der Waals surface area contributed by atoms with E-state index in [-0.39, 0.29) is 5.91 Å². The second-order valence-electron chi connectivity index (χ2n) is 6.65. The Bertz CT molecular complexity index is 736. The maximum Gasteiger partial charge on any atom is 0.251 e. The third kappa shape index (κ3) is 3.86. The zero-order chi connectivity index (χ0) is 17.2. The number of fused-ring (bicyclic) bond motifs is 3. The second-order valence-corrected chi connectivity index (χ2v) is 8.94. The van der Waals surface area contributed by atoms with E-state index in [9.17, 15) is 4.79 Å². The van der Waals surface area contributed by atoms with E-state index in [4.69, 9.17) is 4.74 Å². The predicted molar refractivity (Wildman–Crippen MR) is 102 cm³/mol. The normalized spacial score (nSPS) is 24.9. The first-order valence-electron chi connectivity index (χ1n) is 8.65. The van der Waals surface area contributed by atoms with E-state index in [0.29, 0.717) is 12.0 Å². The number of carbonyl (C=O) groups is 1. The standard InChI is InChI=1S/C19H22N2O2S2/c1-23-15-10-18(24-12-15)25-16-4-2-14(3-5-16)19(22)20-17-11-21-8-6-13(17)7-9-21/h2-5,10,12-13,17H,6-9,11H2,1H3,(H,20,22)/t17-/m0/s1. The number of carbonyl (C=O) groups excluding carboxylic acids is 1. The molecule has 3 aliphatic rings. The Morgan fingerprint density at radius 1 is 1.28 bits per heavy atom. The molecular formula is C19H22N2O2S2. The highest BCUT2D eigenvalue weighted by molar-refractivity contribution is 8.01. The van der Waals surface area contributed by atoms with Crippen LogP contribution in [0.2, 0.25) is 0 Å². The number of rotatable bonds is 5. The van der Waals surface area contributed by atoms with E-state index in [1.165, 1.54) is 30.1 Å². The van der Waals surface area contributed by atoms with Gasteiger partial charge in [0, 0.05) is 34.5 Å². The lowest BCUT2D eigenvalue weighted by molar-refractivity contribution is 0.0620. The average Bonchev–Trinajstić information content (AvgIpc) is 3.11. The number of benzene rings is 1. The highest BCUT2D eigenvalue weighted by Crippen LogP contribution is 2.35. The highest BCUT2D eigenvalue weighted by atomic mass is 32.2. The van der Waals surface area contributed by atoms with Gasteiger partial charge in [0.05, 0.1) is 11.3 Å². The van der Waals surface area contributed by atoms with Gasteiger partial charge in [-0.1, -0.05) is 11.8 Å². The van der Waals surface area contributed by atoms with E-state index in [2.05, 4.69) is 10.2 Å². The first-order valence-corrected chi connectivity index (χ1v) is 10.3. The molecular weight excluding hydrogens is 352 g/mol. The van der Waals surface area contributed by atoms with Crippen molar-refractivity contribution >= 4 is 29.0 Å². The van der Waals surface area contributed by atoms with Gasteiger partial charge in [-0.15, -0.1) is 11.3 Å². The zero-order valence-corrected chi connectivity index (χ0v) is 15.9. The number of methoxy groups -OCH3 is 1. The summed E-state index contributed by atoms with van der Waals surface area (Å²) in [5.41, 5.74) is 0.740. The van der Waals surface area contributed by atoms with Crippen LogP contribution in [0.25, 0.3) is 0 Å². The fourth-order valence-corrected chi connectivity index (χ4v) is 5.52. The highest BCUT2D eigenvalue weighted by Gasteiger charge is 2.34. The van der Waals surface area contributed by atoms with Gasteiger partial charge in [0.25, 0.3) is 5.91 Å². The second kappa shape index (κ2) is 7.40. The minimum absolute atomic E-state index is 0.0492. The van der Waals surface area contributed by atoms with Crippen LogP contribution >= 0.6 is 23.1 Å². The maximum absolute atomic E-state index is 12.6. The van der Waals surface area contributed by atoms with Crippen LogP contribution in [0, 0.1) is 5.92 Å². The summed E-state index contributed by atoms with van der Waals surface area (Å²) in [6.45, 7) is 3.39. The van der Waals surface area contributed by atoms with Gasteiger partial charge in [-0.05, 0) is 56.1 Å². The molecule has 1 N–H and O–H groups in total. The number of hydrogen-bond acceptors (Lipinski definition) is 5. The Kier molecular flexibility index (Phi) is 5.01. The van der Waals surface area contributed by atoms with Crippen molar-refractivity contribution in [3.05, 3.63) is 41.3 Å². The van der Waals surface area contributed by atoms with Gasteiger partial charge in [0.15, 0.2) is 0 Å². The summed E-state index contributed by atoms with van der Waals surface area (Å²) >= 11 is 3.35.